The summed E-state index contributed by atoms with van der Waals surface area (Å²) in [5.41, 5.74) is 1.77. The highest BCUT2D eigenvalue weighted by atomic mass is 16.5. The Morgan fingerprint density at radius 3 is 2.46 bits per heavy atom. The fourth-order valence-electron chi connectivity index (χ4n) is 4.86. The largest absolute Gasteiger partial charge is 0.360 e. The SMILES string of the molecule is CC(=O)N1CCN(C(=O)c2c(-c3ccccc3)noc2C)CC12CCCCC2. The molecule has 1 saturated heterocycles. The van der Waals surface area contributed by atoms with E-state index in [0.29, 0.717) is 36.7 Å². The van der Waals surface area contributed by atoms with Crippen molar-refractivity contribution in [3.05, 3.63) is 41.7 Å². The number of benzene rings is 1. The van der Waals surface area contributed by atoms with E-state index in [2.05, 4.69) is 5.16 Å². The molecule has 0 bridgehead atoms. The maximum atomic E-state index is 13.5. The summed E-state index contributed by atoms with van der Waals surface area (Å²) in [6.45, 7) is 5.15. The normalized spacial score (nSPS) is 19.1. The fourth-order valence-corrected chi connectivity index (χ4v) is 4.86. The van der Waals surface area contributed by atoms with Crippen LogP contribution < -0.4 is 0 Å². The third-order valence-corrected chi connectivity index (χ3v) is 6.23. The lowest BCUT2D eigenvalue weighted by Gasteiger charge is -2.52. The highest BCUT2D eigenvalue weighted by molar-refractivity contribution is 6.01. The average molecular weight is 381 g/mol. The molecule has 2 fully saturated rings. The maximum absolute atomic E-state index is 13.5. The van der Waals surface area contributed by atoms with Gasteiger partial charge in [0, 0.05) is 32.1 Å². The van der Waals surface area contributed by atoms with Crippen molar-refractivity contribution in [1.82, 2.24) is 15.0 Å². The van der Waals surface area contributed by atoms with Crippen molar-refractivity contribution in [2.24, 2.45) is 0 Å². The summed E-state index contributed by atoms with van der Waals surface area (Å²) in [4.78, 5) is 29.7. The molecule has 2 heterocycles. The van der Waals surface area contributed by atoms with Crippen LogP contribution in [0.1, 0.15) is 55.1 Å². The summed E-state index contributed by atoms with van der Waals surface area (Å²) < 4.78 is 5.40. The lowest BCUT2D eigenvalue weighted by Crippen LogP contribution is -2.65. The first-order valence-corrected chi connectivity index (χ1v) is 10.1. The van der Waals surface area contributed by atoms with Crippen LogP contribution in [-0.2, 0) is 4.79 Å². The van der Waals surface area contributed by atoms with Crippen LogP contribution in [0.15, 0.2) is 34.9 Å². The Bertz CT molecular complexity index is 868. The maximum Gasteiger partial charge on any atom is 0.259 e. The molecule has 1 spiro atoms. The molecular weight excluding hydrogens is 354 g/mol. The van der Waals surface area contributed by atoms with Crippen molar-refractivity contribution < 1.29 is 14.1 Å². The van der Waals surface area contributed by atoms with Gasteiger partial charge < -0.3 is 14.3 Å². The lowest BCUT2D eigenvalue weighted by molar-refractivity contribution is -0.141. The van der Waals surface area contributed by atoms with Gasteiger partial charge in [-0.15, -0.1) is 0 Å². The molecule has 1 aromatic heterocycles. The Kier molecular flexibility index (Phi) is 4.96. The van der Waals surface area contributed by atoms with Crippen LogP contribution in [0, 0.1) is 6.92 Å². The standard InChI is InChI=1S/C22H27N3O3/c1-16-19(20(23-28-16)18-9-5-3-6-10-18)21(27)24-13-14-25(17(2)26)22(15-24)11-7-4-8-12-22/h3,5-6,9-10H,4,7-8,11-15H2,1-2H3. The molecule has 1 saturated carbocycles. The smallest absolute Gasteiger partial charge is 0.259 e. The first kappa shape index (κ1) is 18.7. The fraction of sp³-hybridized carbons (Fsp3) is 0.500. The van der Waals surface area contributed by atoms with Gasteiger partial charge in [0.1, 0.15) is 17.0 Å². The second kappa shape index (κ2) is 7.41. The molecule has 0 radical (unpaired) electrons. The van der Waals surface area contributed by atoms with Gasteiger partial charge in [-0.25, -0.2) is 0 Å². The minimum atomic E-state index is -0.226. The van der Waals surface area contributed by atoms with Crippen LogP contribution in [0.25, 0.3) is 11.3 Å². The summed E-state index contributed by atoms with van der Waals surface area (Å²) in [7, 11) is 0. The van der Waals surface area contributed by atoms with Crippen LogP contribution in [0.3, 0.4) is 0 Å². The van der Waals surface area contributed by atoms with E-state index >= 15 is 0 Å². The second-order valence-electron chi connectivity index (χ2n) is 8.01. The van der Waals surface area contributed by atoms with Gasteiger partial charge in [0.15, 0.2) is 0 Å². The molecule has 2 aliphatic rings. The van der Waals surface area contributed by atoms with E-state index in [-0.39, 0.29) is 17.4 Å². The van der Waals surface area contributed by atoms with Crippen molar-refractivity contribution in [2.45, 2.75) is 51.5 Å². The number of piperazine rings is 1. The number of amides is 2. The Labute approximate surface area is 165 Å². The highest BCUT2D eigenvalue weighted by Crippen LogP contribution is 2.37. The third kappa shape index (κ3) is 3.21. The first-order chi connectivity index (χ1) is 13.5. The van der Waals surface area contributed by atoms with Crippen molar-refractivity contribution in [3.63, 3.8) is 0 Å². The molecule has 148 valence electrons. The zero-order valence-corrected chi connectivity index (χ0v) is 16.6. The van der Waals surface area contributed by atoms with Gasteiger partial charge in [0.25, 0.3) is 5.91 Å². The minimum Gasteiger partial charge on any atom is -0.360 e. The topological polar surface area (TPSA) is 66.7 Å². The molecule has 6 nitrogen and oxygen atoms in total. The number of aryl methyl sites for hydroxylation is 1. The van der Waals surface area contributed by atoms with E-state index in [1.165, 1.54) is 6.42 Å². The van der Waals surface area contributed by atoms with E-state index in [0.717, 1.165) is 31.2 Å². The Balaban J connectivity index is 1.65. The molecular formula is C22H27N3O3. The van der Waals surface area contributed by atoms with Gasteiger partial charge >= 0.3 is 0 Å². The summed E-state index contributed by atoms with van der Waals surface area (Å²) in [6.07, 6.45) is 5.33. The number of rotatable bonds is 2. The first-order valence-electron chi connectivity index (χ1n) is 10.1. The highest BCUT2D eigenvalue weighted by Gasteiger charge is 2.45. The van der Waals surface area contributed by atoms with E-state index in [9.17, 15) is 9.59 Å². The monoisotopic (exact) mass is 381 g/mol. The Morgan fingerprint density at radius 2 is 1.79 bits per heavy atom. The molecule has 0 unspecified atom stereocenters. The average Bonchev–Trinajstić information content (AvgIpc) is 3.09. The molecule has 0 atom stereocenters. The summed E-state index contributed by atoms with van der Waals surface area (Å²) in [6, 6.07) is 9.66. The van der Waals surface area contributed by atoms with Gasteiger partial charge in [0.05, 0.1) is 5.54 Å². The zero-order chi connectivity index (χ0) is 19.7. The van der Waals surface area contributed by atoms with E-state index in [4.69, 9.17) is 4.52 Å². The van der Waals surface area contributed by atoms with Gasteiger partial charge in [-0.1, -0.05) is 54.8 Å². The Morgan fingerprint density at radius 1 is 1.07 bits per heavy atom. The number of nitrogens with zero attached hydrogens (tertiary/aromatic N) is 3. The summed E-state index contributed by atoms with van der Waals surface area (Å²) in [5.74, 6) is 0.599. The van der Waals surface area contributed by atoms with Crippen LogP contribution in [0.5, 0.6) is 0 Å². The van der Waals surface area contributed by atoms with Crippen LogP contribution in [-0.4, -0.2) is 51.9 Å². The second-order valence-corrected chi connectivity index (χ2v) is 8.01. The quantitative estimate of drug-likeness (QED) is 0.796. The van der Waals surface area contributed by atoms with Crippen LogP contribution >= 0.6 is 0 Å². The molecule has 4 rings (SSSR count). The zero-order valence-electron chi connectivity index (χ0n) is 16.6. The molecule has 1 aromatic carbocycles. The molecule has 28 heavy (non-hydrogen) atoms. The molecule has 2 aromatic rings. The molecule has 2 amide bonds. The van der Waals surface area contributed by atoms with Crippen molar-refractivity contribution in [1.29, 1.82) is 0 Å². The van der Waals surface area contributed by atoms with Crippen molar-refractivity contribution in [2.75, 3.05) is 19.6 Å². The van der Waals surface area contributed by atoms with Crippen molar-refractivity contribution in [3.8, 4) is 11.3 Å². The molecule has 0 N–H and O–H groups in total. The number of aromatic nitrogens is 1. The third-order valence-electron chi connectivity index (χ3n) is 6.23. The van der Waals surface area contributed by atoms with Gasteiger partial charge in [-0.2, -0.15) is 0 Å². The summed E-state index contributed by atoms with van der Waals surface area (Å²) in [5, 5.41) is 4.16. The predicted molar refractivity (Wildman–Crippen MR) is 106 cm³/mol. The van der Waals surface area contributed by atoms with Gasteiger partial charge in [0.2, 0.25) is 5.91 Å². The molecule has 1 aliphatic heterocycles. The number of hydrogen-bond donors (Lipinski definition) is 0. The van der Waals surface area contributed by atoms with E-state index < -0.39 is 0 Å². The van der Waals surface area contributed by atoms with Crippen LogP contribution in [0.2, 0.25) is 0 Å². The molecule has 6 heteroatoms. The number of hydrogen-bond acceptors (Lipinski definition) is 4. The Hall–Kier alpha value is -2.63. The minimum absolute atomic E-state index is 0.0502. The van der Waals surface area contributed by atoms with Crippen LogP contribution in [0.4, 0.5) is 0 Å². The number of carbonyl (C=O) groups is 2. The van der Waals surface area contributed by atoms with E-state index in [1.807, 2.05) is 40.1 Å². The van der Waals surface area contributed by atoms with Gasteiger partial charge in [-0.05, 0) is 19.8 Å². The predicted octanol–water partition coefficient (Wildman–Crippen LogP) is 3.66. The summed E-state index contributed by atoms with van der Waals surface area (Å²) >= 11 is 0. The molecule has 1 aliphatic carbocycles. The number of carbonyl (C=O) groups excluding carboxylic acids is 2. The van der Waals surface area contributed by atoms with Crippen molar-refractivity contribution >= 4 is 11.8 Å². The van der Waals surface area contributed by atoms with Gasteiger partial charge in [-0.3, -0.25) is 9.59 Å². The lowest BCUT2D eigenvalue weighted by atomic mass is 9.78. The van der Waals surface area contributed by atoms with E-state index in [1.54, 1.807) is 13.8 Å².